The molecule has 0 bridgehead atoms. The predicted molar refractivity (Wildman–Crippen MR) is 127 cm³/mol. The molecule has 5 heterocycles. The number of hydrogen-bond acceptors (Lipinski definition) is 9. The third-order valence-corrected chi connectivity index (χ3v) is 7.56. The SMILES string of the molecule is Cc1nc2c(C3CCC4(CC3)OCCO4)nc(N3CCOC(c4cnn(C)c4)C3)nc2c(=O)n1C. The Morgan fingerprint density at radius 1 is 1.03 bits per heavy atom. The molecule has 3 aliphatic rings. The number of anilines is 1. The highest BCUT2D eigenvalue weighted by molar-refractivity contribution is 5.77. The van der Waals surface area contributed by atoms with Gasteiger partial charge in [0.05, 0.1) is 38.3 Å². The average molecular weight is 482 g/mol. The first-order valence-corrected chi connectivity index (χ1v) is 12.3. The molecule has 11 heteroatoms. The van der Waals surface area contributed by atoms with Gasteiger partial charge < -0.3 is 19.1 Å². The highest BCUT2D eigenvalue weighted by Gasteiger charge is 2.41. The molecule has 35 heavy (non-hydrogen) atoms. The normalized spacial score (nSPS) is 22.9. The maximum absolute atomic E-state index is 13.3. The van der Waals surface area contributed by atoms with Crippen molar-refractivity contribution in [3.8, 4) is 0 Å². The van der Waals surface area contributed by atoms with Gasteiger partial charge in [0.1, 0.15) is 17.4 Å². The molecule has 186 valence electrons. The second-order valence-electron chi connectivity index (χ2n) is 9.76. The molecule has 0 amide bonds. The van der Waals surface area contributed by atoms with Crippen molar-refractivity contribution in [2.75, 3.05) is 37.8 Å². The number of morpholine rings is 1. The van der Waals surface area contributed by atoms with Crippen molar-refractivity contribution >= 4 is 17.0 Å². The monoisotopic (exact) mass is 481 g/mol. The summed E-state index contributed by atoms with van der Waals surface area (Å²) in [5, 5.41) is 4.28. The lowest BCUT2D eigenvalue weighted by atomic mass is 9.82. The molecule has 3 fully saturated rings. The molecule has 1 unspecified atom stereocenters. The van der Waals surface area contributed by atoms with E-state index < -0.39 is 5.79 Å². The Labute approximate surface area is 203 Å². The summed E-state index contributed by atoms with van der Waals surface area (Å²) in [4.78, 5) is 29.9. The fourth-order valence-corrected chi connectivity index (χ4v) is 5.44. The van der Waals surface area contributed by atoms with Crippen molar-refractivity contribution < 1.29 is 14.2 Å². The number of ether oxygens (including phenoxy) is 3. The van der Waals surface area contributed by atoms with Crippen LogP contribution in [0.3, 0.4) is 0 Å². The molecule has 1 saturated carbocycles. The Hall–Kier alpha value is -2.89. The lowest BCUT2D eigenvalue weighted by Gasteiger charge is -2.36. The van der Waals surface area contributed by atoms with E-state index >= 15 is 0 Å². The zero-order chi connectivity index (χ0) is 24.2. The summed E-state index contributed by atoms with van der Waals surface area (Å²) in [5.74, 6) is 0.911. The van der Waals surface area contributed by atoms with E-state index in [-0.39, 0.29) is 17.6 Å². The Kier molecular flexibility index (Phi) is 5.58. The fraction of sp³-hybridized carbons (Fsp3) is 0.625. The molecule has 11 nitrogen and oxygen atoms in total. The summed E-state index contributed by atoms with van der Waals surface area (Å²) in [6.07, 6.45) is 7.01. The van der Waals surface area contributed by atoms with Gasteiger partial charge in [-0.15, -0.1) is 0 Å². The standard InChI is InChI=1S/C24H31N7O4/c1-15-26-20-19(16-4-6-24(7-5-16)34-10-11-35-24)27-23(28-21(20)22(32)30(15)3)31-8-9-33-18(14-31)17-12-25-29(2)13-17/h12-13,16,18H,4-11,14H2,1-3H3. The van der Waals surface area contributed by atoms with Crippen molar-refractivity contribution in [2.24, 2.45) is 14.1 Å². The highest BCUT2D eigenvalue weighted by atomic mass is 16.7. The number of rotatable bonds is 3. The quantitative estimate of drug-likeness (QED) is 0.552. The minimum Gasteiger partial charge on any atom is -0.370 e. The lowest BCUT2D eigenvalue weighted by Crippen LogP contribution is -2.40. The van der Waals surface area contributed by atoms with Gasteiger partial charge in [0.15, 0.2) is 11.3 Å². The topological polar surface area (TPSA) is 109 Å². The van der Waals surface area contributed by atoms with Gasteiger partial charge in [0.2, 0.25) is 5.95 Å². The molecule has 2 saturated heterocycles. The van der Waals surface area contributed by atoms with E-state index in [0.29, 0.717) is 55.7 Å². The summed E-state index contributed by atoms with van der Waals surface area (Å²) in [7, 11) is 3.63. The zero-order valence-electron chi connectivity index (χ0n) is 20.4. The number of aromatic nitrogens is 6. The second kappa shape index (κ2) is 8.65. The summed E-state index contributed by atoms with van der Waals surface area (Å²) in [6, 6.07) is 0. The fourth-order valence-electron chi connectivity index (χ4n) is 5.44. The van der Waals surface area contributed by atoms with Gasteiger partial charge in [0, 0.05) is 51.2 Å². The number of hydrogen-bond donors (Lipinski definition) is 0. The molecule has 0 N–H and O–H groups in total. The van der Waals surface area contributed by atoms with E-state index in [1.165, 1.54) is 0 Å². The van der Waals surface area contributed by atoms with Crippen LogP contribution in [-0.2, 0) is 28.3 Å². The first kappa shape index (κ1) is 22.6. The third-order valence-electron chi connectivity index (χ3n) is 7.56. The zero-order valence-corrected chi connectivity index (χ0v) is 20.4. The number of fused-ring (bicyclic) bond motifs is 1. The van der Waals surface area contributed by atoms with Gasteiger partial charge in [-0.3, -0.25) is 14.0 Å². The predicted octanol–water partition coefficient (Wildman–Crippen LogP) is 1.74. The van der Waals surface area contributed by atoms with Crippen molar-refractivity contribution in [1.82, 2.24) is 29.3 Å². The molecular formula is C24H31N7O4. The highest BCUT2D eigenvalue weighted by Crippen LogP contribution is 2.43. The first-order valence-electron chi connectivity index (χ1n) is 12.3. The van der Waals surface area contributed by atoms with Crippen molar-refractivity contribution in [2.45, 2.75) is 50.4 Å². The van der Waals surface area contributed by atoms with Crippen LogP contribution < -0.4 is 10.5 Å². The average Bonchev–Trinajstić information content (AvgIpc) is 3.52. The lowest BCUT2D eigenvalue weighted by molar-refractivity contribution is -0.178. The van der Waals surface area contributed by atoms with E-state index in [9.17, 15) is 4.79 Å². The number of nitrogens with zero attached hydrogens (tertiary/aromatic N) is 7. The van der Waals surface area contributed by atoms with Crippen LogP contribution in [0.4, 0.5) is 5.95 Å². The molecule has 3 aromatic heterocycles. The van der Waals surface area contributed by atoms with Gasteiger partial charge in [-0.05, 0) is 19.8 Å². The van der Waals surface area contributed by atoms with E-state index in [1.807, 2.05) is 26.4 Å². The van der Waals surface area contributed by atoms with E-state index in [2.05, 4.69) is 10.00 Å². The van der Waals surface area contributed by atoms with Crippen molar-refractivity contribution in [3.63, 3.8) is 0 Å². The van der Waals surface area contributed by atoms with Crippen LogP contribution in [0, 0.1) is 6.92 Å². The Bertz CT molecular complexity index is 1300. The number of aryl methyl sites for hydroxylation is 2. The second-order valence-corrected chi connectivity index (χ2v) is 9.76. The maximum Gasteiger partial charge on any atom is 0.279 e. The molecule has 1 spiro atoms. The molecule has 1 atom stereocenters. The molecule has 3 aromatic rings. The van der Waals surface area contributed by atoms with Crippen LogP contribution in [0.5, 0.6) is 0 Å². The minimum atomic E-state index is -0.456. The maximum atomic E-state index is 13.3. The van der Waals surface area contributed by atoms with Gasteiger partial charge in [-0.25, -0.2) is 15.0 Å². The van der Waals surface area contributed by atoms with Gasteiger partial charge in [-0.1, -0.05) is 0 Å². The summed E-state index contributed by atoms with van der Waals surface area (Å²) in [5.41, 5.74) is 2.70. The molecule has 6 rings (SSSR count). The minimum absolute atomic E-state index is 0.134. The van der Waals surface area contributed by atoms with Gasteiger partial charge in [-0.2, -0.15) is 5.10 Å². The molecule has 0 aromatic carbocycles. The first-order chi connectivity index (χ1) is 16.9. The largest absolute Gasteiger partial charge is 0.370 e. The van der Waals surface area contributed by atoms with E-state index in [1.54, 1.807) is 16.3 Å². The molecule has 1 aliphatic carbocycles. The van der Waals surface area contributed by atoms with Crippen LogP contribution in [-0.4, -0.2) is 68.0 Å². The Morgan fingerprint density at radius 3 is 2.51 bits per heavy atom. The van der Waals surface area contributed by atoms with E-state index in [0.717, 1.165) is 36.9 Å². The third kappa shape index (κ3) is 4.01. The van der Waals surface area contributed by atoms with Gasteiger partial charge >= 0.3 is 0 Å². The smallest absolute Gasteiger partial charge is 0.279 e. The Morgan fingerprint density at radius 2 is 1.80 bits per heavy atom. The van der Waals surface area contributed by atoms with Crippen molar-refractivity contribution in [3.05, 3.63) is 39.8 Å². The van der Waals surface area contributed by atoms with Crippen LogP contribution >= 0.6 is 0 Å². The molecular weight excluding hydrogens is 450 g/mol. The molecule has 2 aliphatic heterocycles. The summed E-state index contributed by atoms with van der Waals surface area (Å²) >= 11 is 0. The van der Waals surface area contributed by atoms with Gasteiger partial charge in [0.25, 0.3) is 5.56 Å². The molecule has 0 radical (unpaired) electrons. The van der Waals surface area contributed by atoms with Crippen LogP contribution in [0.15, 0.2) is 17.2 Å². The van der Waals surface area contributed by atoms with Crippen LogP contribution in [0.2, 0.25) is 0 Å². The Balaban J connectivity index is 1.38. The summed E-state index contributed by atoms with van der Waals surface area (Å²) < 4.78 is 21.2. The van der Waals surface area contributed by atoms with E-state index in [4.69, 9.17) is 29.2 Å². The van der Waals surface area contributed by atoms with Crippen molar-refractivity contribution in [1.29, 1.82) is 0 Å². The summed E-state index contributed by atoms with van der Waals surface area (Å²) in [6.45, 7) is 4.92. The van der Waals surface area contributed by atoms with Crippen LogP contribution in [0.25, 0.3) is 11.0 Å². The van der Waals surface area contributed by atoms with Crippen LogP contribution in [0.1, 0.15) is 54.8 Å².